The zero-order chi connectivity index (χ0) is 6.95. The summed E-state index contributed by atoms with van der Waals surface area (Å²) >= 11 is 8.81. The Labute approximate surface area is 68.4 Å². The van der Waals surface area contributed by atoms with Crippen LogP contribution < -0.4 is 0 Å². The Morgan fingerprint density at radius 1 is 1.11 bits per heavy atom. The normalized spacial score (nSPS) is 9.44. The van der Waals surface area contributed by atoms with Crippen LogP contribution in [0.3, 0.4) is 0 Å². The van der Waals surface area contributed by atoms with E-state index in [1.807, 2.05) is 5.37 Å². The lowest BCUT2D eigenvalue weighted by atomic mass is 10.2. The summed E-state index contributed by atoms with van der Waals surface area (Å²) in [6, 6.07) is 0. The summed E-state index contributed by atoms with van der Waals surface area (Å²) in [5.74, 6) is 1.03. The Bertz CT molecular complexity index is 61.9. The second-order valence-electron chi connectivity index (χ2n) is 2.09. The van der Waals surface area contributed by atoms with Crippen LogP contribution in [-0.2, 0) is 0 Å². The van der Waals surface area contributed by atoms with Gasteiger partial charge in [0.05, 0.1) is 0 Å². The average molecular weight is 162 g/mol. The summed E-state index contributed by atoms with van der Waals surface area (Å²) in [6.45, 7) is 0. The first-order chi connectivity index (χ1) is 4.41. The monoisotopic (exact) mass is 162 g/mol. The molecular weight excluding hydrogens is 148 g/mol. The van der Waals surface area contributed by atoms with Gasteiger partial charge in [-0.3, -0.25) is 0 Å². The number of thiol groups is 1. The Balaban J connectivity index is 2.66. The minimum atomic E-state index is 1.03. The Morgan fingerprint density at radius 3 is 2.33 bits per heavy atom. The number of thiocarbonyl (C=S) groups is 1. The predicted octanol–water partition coefficient (Wildman–Crippen LogP) is 2.87. The molecule has 0 aliphatic carbocycles. The van der Waals surface area contributed by atoms with E-state index < -0.39 is 0 Å². The quantitative estimate of drug-likeness (QED) is 0.356. The zero-order valence-corrected chi connectivity index (χ0v) is 7.39. The molecule has 0 N–H and O–H groups in total. The van der Waals surface area contributed by atoms with Gasteiger partial charge in [0.2, 0.25) is 0 Å². The summed E-state index contributed by atoms with van der Waals surface area (Å²) in [5, 5.41) is 1.82. The molecule has 0 aromatic rings. The molecular formula is C7H14S2. The van der Waals surface area contributed by atoms with Crippen molar-refractivity contribution in [2.75, 3.05) is 5.75 Å². The molecule has 0 amide bonds. The lowest BCUT2D eigenvalue weighted by Gasteiger charge is -1.93. The molecule has 0 fully saturated rings. The molecule has 0 bridgehead atoms. The molecule has 0 atom stereocenters. The largest absolute Gasteiger partial charge is 0.179 e. The molecule has 2 heteroatoms. The van der Waals surface area contributed by atoms with E-state index in [9.17, 15) is 0 Å². The molecule has 0 radical (unpaired) electrons. The molecule has 0 rings (SSSR count). The van der Waals surface area contributed by atoms with E-state index in [2.05, 4.69) is 24.8 Å². The van der Waals surface area contributed by atoms with E-state index >= 15 is 0 Å². The van der Waals surface area contributed by atoms with Gasteiger partial charge in [-0.15, -0.1) is 0 Å². The maximum absolute atomic E-state index is 4.69. The highest BCUT2D eigenvalue weighted by Crippen LogP contribution is 2.01. The van der Waals surface area contributed by atoms with Gasteiger partial charge in [0.15, 0.2) is 0 Å². The third-order valence-electron chi connectivity index (χ3n) is 1.23. The number of hydrogen-bond donors (Lipinski definition) is 1. The van der Waals surface area contributed by atoms with Gasteiger partial charge in [-0.05, 0) is 30.4 Å². The second kappa shape index (κ2) is 8.44. The van der Waals surface area contributed by atoms with Crippen LogP contribution in [0, 0.1) is 0 Å². The first-order valence-electron chi connectivity index (χ1n) is 3.46. The van der Waals surface area contributed by atoms with Crippen molar-refractivity contribution in [3.05, 3.63) is 0 Å². The van der Waals surface area contributed by atoms with Gasteiger partial charge in [0.25, 0.3) is 0 Å². The van der Waals surface area contributed by atoms with Gasteiger partial charge < -0.3 is 0 Å². The molecule has 0 aromatic carbocycles. The molecule has 0 nitrogen and oxygen atoms in total. The molecule has 0 aromatic heterocycles. The highest BCUT2D eigenvalue weighted by molar-refractivity contribution is 7.80. The van der Waals surface area contributed by atoms with Crippen LogP contribution in [0.25, 0.3) is 0 Å². The fourth-order valence-corrected chi connectivity index (χ4v) is 1.08. The lowest BCUT2D eigenvalue weighted by Crippen LogP contribution is -1.79. The maximum atomic E-state index is 4.69. The van der Waals surface area contributed by atoms with E-state index in [4.69, 9.17) is 0 Å². The van der Waals surface area contributed by atoms with Gasteiger partial charge in [-0.1, -0.05) is 25.1 Å². The number of unbranched alkanes of at least 4 members (excludes halogenated alkanes) is 4. The van der Waals surface area contributed by atoms with Crippen molar-refractivity contribution in [1.82, 2.24) is 0 Å². The summed E-state index contributed by atoms with van der Waals surface area (Å²) < 4.78 is 0. The van der Waals surface area contributed by atoms with Crippen LogP contribution in [0.2, 0.25) is 0 Å². The van der Waals surface area contributed by atoms with Crippen LogP contribution in [-0.4, -0.2) is 11.1 Å². The highest BCUT2D eigenvalue weighted by atomic mass is 32.1. The minimum Gasteiger partial charge on any atom is -0.179 e. The molecule has 0 saturated carbocycles. The summed E-state index contributed by atoms with van der Waals surface area (Å²) in [6.07, 6.45) is 6.24. The van der Waals surface area contributed by atoms with Crippen molar-refractivity contribution in [2.45, 2.75) is 32.1 Å². The van der Waals surface area contributed by atoms with Gasteiger partial charge in [0, 0.05) is 0 Å². The smallest absolute Gasteiger partial charge is 0.00979 e. The zero-order valence-electron chi connectivity index (χ0n) is 5.68. The van der Waals surface area contributed by atoms with Crippen molar-refractivity contribution in [2.24, 2.45) is 0 Å². The van der Waals surface area contributed by atoms with E-state index in [1.165, 1.54) is 25.7 Å². The third-order valence-corrected chi connectivity index (χ3v) is 1.78. The summed E-state index contributed by atoms with van der Waals surface area (Å²) in [7, 11) is 0. The molecule has 0 saturated heterocycles. The molecule has 54 valence electrons. The molecule has 0 unspecified atom stereocenters. The standard InChI is InChI=1S/C7H14S2/c8-6-4-2-1-3-5-7-9/h6,9H,1-5,7H2. The predicted molar refractivity (Wildman–Crippen MR) is 50.6 cm³/mol. The fraction of sp³-hybridized carbons (Fsp3) is 0.857. The Kier molecular flexibility index (Phi) is 8.85. The SMILES string of the molecule is S=CCCCCCCS. The van der Waals surface area contributed by atoms with Crippen molar-refractivity contribution < 1.29 is 0 Å². The second-order valence-corrected chi connectivity index (χ2v) is 2.87. The average Bonchev–Trinajstić information content (AvgIpc) is 1.89. The molecule has 9 heavy (non-hydrogen) atoms. The third kappa shape index (κ3) is 8.44. The first-order valence-corrected chi connectivity index (χ1v) is 4.56. The van der Waals surface area contributed by atoms with E-state index in [-0.39, 0.29) is 0 Å². The van der Waals surface area contributed by atoms with Crippen molar-refractivity contribution in [3.63, 3.8) is 0 Å². The van der Waals surface area contributed by atoms with Crippen LogP contribution in [0.4, 0.5) is 0 Å². The van der Waals surface area contributed by atoms with Crippen LogP contribution in [0.5, 0.6) is 0 Å². The van der Waals surface area contributed by atoms with Crippen molar-refractivity contribution in [1.29, 1.82) is 0 Å². The van der Waals surface area contributed by atoms with Crippen molar-refractivity contribution in [3.8, 4) is 0 Å². The number of hydrogen-bond acceptors (Lipinski definition) is 2. The Hall–Kier alpha value is 0.440. The summed E-state index contributed by atoms with van der Waals surface area (Å²) in [5.41, 5.74) is 0. The van der Waals surface area contributed by atoms with Gasteiger partial charge in [0.1, 0.15) is 0 Å². The Morgan fingerprint density at radius 2 is 1.78 bits per heavy atom. The molecule has 0 heterocycles. The lowest BCUT2D eigenvalue weighted by molar-refractivity contribution is 0.691. The van der Waals surface area contributed by atoms with Gasteiger partial charge in [-0.2, -0.15) is 12.6 Å². The fourth-order valence-electron chi connectivity index (χ4n) is 0.693. The first kappa shape index (κ1) is 9.44. The van der Waals surface area contributed by atoms with Crippen LogP contribution >= 0.6 is 24.8 Å². The van der Waals surface area contributed by atoms with Gasteiger partial charge >= 0.3 is 0 Å². The highest BCUT2D eigenvalue weighted by Gasteiger charge is 1.85. The van der Waals surface area contributed by atoms with Crippen molar-refractivity contribution >= 4 is 30.2 Å². The topological polar surface area (TPSA) is 0 Å². The molecule has 0 spiro atoms. The molecule has 0 aliphatic heterocycles. The summed E-state index contributed by atoms with van der Waals surface area (Å²) in [4.78, 5) is 0. The molecule has 0 aliphatic rings. The van der Waals surface area contributed by atoms with Crippen LogP contribution in [0.1, 0.15) is 32.1 Å². The maximum Gasteiger partial charge on any atom is -0.00979 e. The van der Waals surface area contributed by atoms with E-state index in [0.717, 1.165) is 12.2 Å². The minimum absolute atomic E-state index is 1.03. The van der Waals surface area contributed by atoms with E-state index in [0.29, 0.717) is 0 Å². The van der Waals surface area contributed by atoms with Crippen LogP contribution in [0.15, 0.2) is 0 Å². The van der Waals surface area contributed by atoms with E-state index in [1.54, 1.807) is 0 Å². The number of rotatable bonds is 6. The van der Waals surface area contributed by atoms with Gasteiger partial charge in [-0.25, -0.2) is 0 Å².